The summed E-state index contributed by atoms with van der Waals surface area (Å²) in [5.74, 6) is -0.186. The predicted octanol–water partition coefficient (Wildman–Crippen LogP) is 3.02. The lowest BCUT2D eigenvalue weighted by atomic mass is 10.1. The van der Waals surface area contributed by atoms with E-state index in [2.05, 4.69) is 22.4 Å². The van der Waals surface area contributed by atoms with Crippen molar-refractivity contribution < 1.29 is 4.39 Å². The molecule has 0 aliphatic carbocycles. The number of aromatic amines is 1. The minimum absolute atomic E-state index is 0.186. The zero-order valence-electron chi connectivity index (χ0n) is 10.8. The maximum absolute atomic E-state index is 13.6. The van der Waals surface area contributed by atoms with Crippen LogP contribution in [0.4, 0.5) is 4.39 Å². The molecule has 0 saturated heterocycles. The Balaban J connectivity index is 2.22. The van der Waals surface area contributed by atoms with Gasteiger partial charge in [-0.05, 0) is 31.5 Å². The summed E-state index contributed by atoms with van der Waals surface area (Å²) in [6, 6.07) is 5.25. The van der Waals surface area contributed by atoms with Crippen molar-refractivity contribution in [2.45, 2.75) is 26.8 Å². The molecule has 18 heavy (non-hydrogen) atoms. The first-order valence-corrected chi connectivity index (χ1v) is 6.22. The van der Waals surface area contributed by atoms with Crippen molar-refractivity contribution in [2.24, 2.45) is 0 Å². The first-order chi connectivity index (χ1) is 8.72. The molecule has 0 spiro atoms. The van der Waals surface area contributed by atoms with Crippen LogP contribution in [0.5, 0.6) is 0 Å². The van der Waals surface area contributed by atoms with Crippen LogP contribution in [0.15, 0.2) is 24.4 Å². The molecule has 2 N–H and O–H groups in total. The molecule has 2 aromatic rings. The second-order valence-corrected chi connectivity index (χ2v) is 4.41. The fourth-order valence-electron chi connectivity index (χ4n) is 1.84. The number of aryl methyl sites for hydroxylation is 1. The van der Waals surface area contributed by atoms with E-state index in [-0.39, 0.29) is 5.82 Å². The molecule has 0 radical (unpaired) electrons. The molecule has 0 aliphatic rings. The summed E-state index contributed by atoms with van der Waals surface area (Å²) in [5, 5.41) is 10.3. The lowest BCUT2D eigenvalue weighted by Crippen LogP contribution is -2.13. The Labute approximate surface area is 106 Å². The van der Waals surface area contributed by atoms with Gasteiger partial charge in [-0.3, -0.25) is 5.10 Å². The normalized spacial score (nSPS) is 10.8. The topological polar surface area (TPSA) is 40.7 Å². The highest BCUT2D eigenvalue weighted by Gasteiger charge is 2.09. The number of aromatic nitrogens is 2. The molecule has 0 bridgehead atoms. The smallest absolute Gasteiger partial charge is 0.126 e. The second-order valence-electron chi connectivity index (χ2n) is 4.41. The first-order valence-electron chi connectivity index (χ1n) is 6.22. The highest BCUT2D eigenvalue weighted by molar-refractivity contribution is 5.63. The largest absolute Gasteiger partial charge is 0.313 e. The number of nitrogens with one attached hydrogen (secondary N) is 2. The Kier molecular flexibility index (Phi) is 4.10. The lowest BCUT2D eigenvalue weighted by molar-refractivity contribution is 0.619. The van der Waals surface area contributed by atoms with Crippen molar-refractivity contribution in [2.75, 3.05) is 6.54 Å². The molecule has 0 aliphatic heterocycles. The van der Waals surface area contributed by atoms with Crippen LogP contribution in [-0.2, 0) is 6.54 Å². The van der Waals surface area contributed by atoms with Gasteiger partial charge in [-0.25, -0.2) is 4.39 Å². The average Bonchev–Trinajstić information content (AvgIpc) is 2.81. The van der Waals surface area contributed by atoms with Crippen molar-refractivity contribution in [3.63, 3.8) is 0 Å². The molecule has 4 heteroatoms. The summed E-state index contributed by atoms with van der Waals surface area (Å²) in [7, 11) is 0. The van der Waals surface area contributed by atoms with E-state index in [4.69, 9.17) is 0 Å². The Bertz CT molecular complexity index is 520. The van der Waals surface area contributed by atoms with Gasteiger partial charge in [0.2, 0.25) is 0 Å². The third kappa shape index (κ3) is 2.76. The third-order valence-corrected chi connectivity index (χ3v) is 2.92. The number of halogens is 1. The van der Waals surface area contributed by atoms with Crippen molar-refractivity contribution in [1.82, 2.24) is 15.5 Å². The second kappa shape index (κ2) is 5.78. The Hall–Kier alpha value is -1.68. The maximum Gasteiger partial charge on any atom is 0.126 e. The van der Waals surface area contributed by atoms with Crippen LogP contribution in [0.3, 0.4) is 0 Å². The third-order valence-electron chi connectivity index (χ3n) is 2.92. The van der Waals surface area contributed by atoms with E-state index in [0.717, 1.165) is 36.3 Å². The molecule has 1 aromatic carbocycles. The van der Waals surface area contributed by atoms with Crippen LogP contribution in [0.25, 0.3) is 11.3 Å². The van der Waals surface area contributed by atoms with Crippen LogP contribution in [0.2, 0.25) is 0 Å². The molecule has 1 aromatic heterocycles. The van der Waals surface area contributed by atoms with Crippen LogP contribution >= 0.6 is 0 Å². The average molecular weight is 247 g/mol. The Morgan fingerprint density at radius 2 is 2.22 bits per heavy atom. The van der Waals surface area contributed by atoms with E-state index in [0.29, 0.717) is 5.56 Å². The zero-order chi connectivity index (χ0) is 13.0. The van der Waals surface area contributed by atoms with E-state index in [1.54, 1.807) is 25.3 Å². The van der Waals surface area contributed by atoms with Crippen molar-refractivity contribution in [1.29, 1.82) is 0 Å². The van der Waals surface area contributed by atoms with Gasteiger partial charge in [0.25, 0.3) is 0 Å². The molecule has 0 saturated carbocycles. The van der Waals surface area contributed by atoms with Crippen LogP contribution in [-0.4, -0.2) is 16.7 Å². The molecular formula is C14H18FN3. The van der Waals surface area contributed by atoms with E-state index in [1.807, 2.05) is 6.07 Å². The van der Waals surface area contributed by atoms with Gasteiger partial charge in [0.15, 0.2) is 0 Å². The lowest BCUT2D eigenvalue weighted by Gasteiger charge is -2.06. The van der Waals surface area contributed by atoms with Crippen molar-refractivity contribution >= 4 is 0 Å². The zero-order valence-corrected chi connectivity index (χ0v) is 10.8. The van der Waals surface area contributed by atoms with Gasteiger partial charge in [0, 0.05) is 17.7 Å². The molecule has 3 nitrogen and oxygen atoms in total. The SMILES string of the molecule is CCCNCc1cn[nH]c1-c1ccc(C)c(F)c1. The van der Waals surface area contributed by atoms with Crippen LogP contribution in [0.1, 0.15) is 24.5 Å². The summed E-state index contributed by atoms with van der Waals surface area (Å²) in [5.41, 5.74) is 3.44. The molecule has 2 rings (SSSR count). The van der Waals surface area contributed by atoms with Gasteiger partial charge >= 0.3 is 0 Å². The number of benzene rings is 1. The van der Waals surface area contributed by atoms with Crippen molar-refractivity contribution in [3.8, 4) is 11.3 Å². The van der Waals surface area contributed by atoms with Gasteiger partial charge in [-0.15, -0.1) is 0 Å². The molecule has 0 unspecified atom stereocenters. The summed E-state index contributed by atoms with van der Waals surface area (Å²) in [6.45, 7) is 5.59. The van der Waals surface area contributed by atoms with Gasteiger partial charge in [-0.2, -0.15) is 5.10 Å². The predicted molar refractivity (Wildman–Crippen MR) is 70.7 cm³/mol. The van der Waals surface area contributed by atoms with Crippen molar-refractivity contribution in [3.05, 3.63) is 41.3 Å². The van der Waals surface area contributed by atoms with E-state index >= 15 is 0 Å². The van der Waals surface area contributed by atoms with Gasteiger partial charge in [-0.1, -0.05) is 19.1 Å². The molecule has 96 valence electrons. The van der Waals surface area contributed by atoms with E-state index < -0.39 is 0 Å². The number of H-pyrrole nitrogens is 1. The summed E-state index contributed by atoms with van der Waals surface area (Å²) in [4.78, 5) is 0. The fourth-order valence-corrected chi connectivity index (χ4v) is 1.84. The van der Waals surface area contributed by atoms with Gasteiger partial charge < -0.3 is 5.32 Å². The fraction of sp³-hybridized carbons (Fsp3) is 0.357. The maximum atomic E-state index is 13.6. The Morgan fingerprint density at radius 3 is 2.94 bits per heavy atom. The molecule has 0 amide bonds. The number of nitrogens with zero attached hydrogens (tertiary/aromatic N) is 1. The van der Waals surface area contributed by atoms with E-state index in [1.165, 1.54) is 0 Å². The number of hydrogen-bond donors (Lipinski definition) is 2. The summed E-state index contributed by atoms with van der Waals surface area (Å²) in [6.07, 6.45) is 2.88. The van der Waals surface area contributed by atoms with Crippen LogP contribution < -0.4 is 5.32 Å². The highest BCUT2D eigenvalue weighted by Crippen LogP contribution is 2.23. The Morgan fingerprint density at radius 1 is 1.39 bits per heavy atom. The minimum atomic E-state index is -0.186. The molecule has 0 fully saturated rings. The minimum Gasteiger partial charge on any atom is -0.313 e. The first kappa shape index (κ1) is 12.8. The van der Waals surface area contributed by atoms with Gasteiger partial charge in [0.1, 0.15) is 5.82 Å². The number of rotatable bonds is 5. The van der Waals surface area contributed by atoms with Gasteiger partial charge in [0.05, 0.1) is 11.9 Å². The summed E-state index contributed by atoms with van der Waals surface area (Å²) < 4.78 is 13.6. The monoisotopic (exact) mass is 247 g/mol. The standard InChI is InChI=1S/C14H18FN3/c1-3-6-16-8-12-9-17-18-14(12)11-5-4-10(2)13(15)7-11/h4-5,7,9,16H,3,6,8H2,1-2H3,(H,17,18). The molecule has 0 atom stereocenters. The molecule has 1 heterocycles. The molecular weight excluding hydrogens is 229 g/mol. The van der Waals surface area contributed by atoms with Crippen LogP contribution in [0, 0.1) is 12.7 Å². The quantitative estimate of drug-likeness (QED) is 0.797. The van der Waals surface area contributed by atoms with E-state index in [9.17, 15) is 4.39 Å². The number of hydrogen-bond acceptors (Lipinski definition) is 2. The highest BCUT2D eigenvalue weighted by atomic mass is 19.1. The summed E-state index contributed by atoms with van der Waals surface area (Å²) >= 11 is 0.